The standard InChI is InChI=1S/C23H21NO/c1-2-3-14-23(25)19-15-17-22(18-16-19)24(20-10-6-4-7-11-20)21-12-8-5-9-13-21/h2,4-13,15-18H,1,3,14H2. The minimum Gasteiger partial charge on any atom is -0.311 e. The first kappa shape index (κ1) is 16.7. The number of hydrogen-bond acceptors (Lipinski definition) is 2. The minimum atomic E-state index is 0.150. The Morgan fingerprint density at radius 2 is 1.24 bits per heavy atom. The van der Waals surface area contributed by atoms with Gasteiger partial charge >= 0.3 is 0 Å². The number of carbonyl (C=O) groups is 1. The largest absolute Gasteiger partial charge is 0.311 e. The second-order valence-corrected chi connectivity index (χ2v) is 5.80. The fourth-order valence-corrected chi connectivity index (χ4v) is 2.78. The van der Waals surface area contributed by atoms with Crippen molar-refractivity contribution in [3.63, 3.8) is 0 Å². The molecule has 3 aromatic carbocycles. The lowest BCUT2D eigenvalue weighted by Gasteiger charge is -2.25. The number of ketones is 1. The molecule has 0 aliphatic rings. The molecule has 124 valence electrons. The molecule has 2 heteroatoms. The molecule has 0 amide bonds. The molecular formula is C23H21NO. The Bertz CT molecular complexity index is 783. The van der Waals surface area contributed by atoms with E-state index in [-0.39, 0.29) is 5.78 Å². The van der Waals surface area contributed by atoms with Crippen molar-refractivity contribution < 1.29 is 4.79 Å². The Hall–Kier alpha value is -3.13. The highest BCUT2D eigenvalue weighted by molar-refractivity contribution is 5.96. The van der Waals surface area contributed by atoms with Crippen molar-refractivity contribution in [1.29, 1.82) is 0 Å². The van der Waals surface area contributed by atoms with Crippen LogP contribution < -0.4 is 4.90 Å². The van der Waals surface area contributed by atoms with Crippen LogP contribution in [-0.2, 0) is 0 Å². The van der Waals surface area contributed by atoms with Gasteiger partial charge in [-0.25, -0.2) is 0 Å². The summed E-state index contributed by atoms with van der Waals surface area (Å²) in [5.41, 5.74) is 3.93. The van der Waals surface area contributed by atoms with Crippen molar-refractivity contribution in [2.24, 2.45) is 0 Å². The molecule has 0 radical (unpaired) electrons. The molecule has 0 unspecified atom stereocenters. The normalized spacial score (nSPS) is 10.2. The highest BCUT2D eigenvalue weighted by Gasteiger charge is 2.12. The number of allylic oxidation sites excluding steroid dienone is 1. The Morgan fingerprint density at radius 1 is 0.760 bits per heavy atom. The lowest BCUT2D eigenvalue weighted by Crippen LogP contribution is -2.10. The first-order valence-corrected chi connectivity index (χ1v) is 8.44. The highest BCUT2D eigenvalue weighted by atomic mass is 16.1. The third-order valence-corrected chi connectivity index (χ3v) is 4.05. The number of para-hydroxylation sites is 2. The monoisotopic (exact) mass is 327 g/mol. The van der Waals surface area contributed by atoms with Crippen LogP contribution >= 0.6 is 0 Å². The highest BCUT2D eigenvalue weighted by Crippen LogP contribution is 2.34. The van der Waals surface area contributed by atoms with Crippen LogP contribution in [0.15, 0.2) is 97.6 Å². The van der Waals surface area contributed by atoms with Gasteiger partial charge in [0.15, 0.2) is 5.78 Å². The molecule has 0 N–H and O–H groups in total. The van der Waals surface area contributed by atoms with E-state index in [9.17, 15) is 4.79 Å². The lowest BCUT2D eigenvalue weighted by atomic mass is 10.1. The summed E-state index contributed by atoms with van der Waals surface area (Å²) in [7, 11) is 0. The number of carbonyl (C=O) groups excluding carboxylic acids is 1. The number of rotatable bonds is 7. The predicted octanol–water partition coefficient (Wildman–Crippen LogP) is 6.31. The van der Waals surface area contributed by atoms with Crippen LogP contribution in [-0.4, -0.2) is 5.78 Å². The molecule has 3 rings (SSSR count). The minimum absolute atomic E-state index is 0.150. The van der Waals surface area contributed by atoms with Crippen molar-refractivity contribution >= 4 is 22.8 Å². The van der Waals surface area contributed by atoms with Gasteiger partial charge in [0, 0.05) is 29.0 Å². The van der Waals surface area contributed by atoms with E-state index in [0.717, 1.165) is 22.6 Å². The summed E-state index contributed by atoms with van der Waals surface area (Å²) in [6.07, 6.45) is 2.99. The van der Waals surface area contributed by atoms with Crippen molar-refractivity contribution in [2.75, 3.05) is 4.90 Å². The van der Waals surface area contributed by atoms with Crippen LogP contribution in [0.5, 0.6) is 0 Å². The van der Waals surface area contributed by atoms with Crippen LogP contribution in [0.1, 0.15) is 23.2 Å². The molecule has 25 heavy (non-hydrogen) atoms. The smallest absolute Gasteiger partial charge is 0.163 e. The molecule has 0 aliphatic heterocycles. The van der Waals surface area contributed by atoms with Crippen molar-refractivity contribution in [3.8, 4) is 0 Å². The van der Waals surface area contributed by atoms with Gasteiger partial charge in [-0.2, -0.15) is 0 Å². The van der Waals surface area contributed by atoms with E-state index in [1.807, 2.05) is 60.7 Å². The molecule has 0 fully saturated rings. The van der Waals surface area contributed by atoms with Gasteiger partial charge in [-0.05, 0) is 55.0 Å². The summed E-state index contributed by atoms with van der Waals surface area (Å²) in [6.45, 7) is 3.67. The van der Waals surface area contributed by atoms with E-state index >= 15 is 0 Å². The van der Waals surface area contributed by atoms with E-state index < -0.39 is 0 Å². The van der Waals surface area contributed by atoms with Gasteiger partial charge in [-0.15, -0.1) is 6.58 Å². The average Bonchev–Trinajstić information content (AvgIpc) is 2.68. The number of anilines is 3. The Labute approximate surface area is 149 Å². The second kappa shape index (κ2) is 8.11. The molecule has 0 saturated carbocycles. The molecule has 0 aliphatic carbocycles. The van der Waals surface area contributed by atoms with E-state index in [0.29, 0.717) is 12.8 Å². The fraction of sp³-hybridized carbons (Fsp3) is 0.0870. The summed E-state index contributed by atoms with van der Waals surface area (Å²) in [6, 6.07) is 28.2. The van der Waals surface area contributed by atoms with Gasteiger partial charge in [0.1, 0.15) is 0 Å². The SMILES string of the molecule is C=CCCC(=O)c1ccc(N(c2ccccc2)c2ccccc2)cc1. The average molecular weight is 327 g/mol. The third kappa shape index (κ3) is 4.04. The van der Waals surface area contributed by atoms with E-state index in [4.69, 9.17) is 0 Å². The molecule has 0 saturated heterocycles. The number of Topliss-reactive ketones (excluding diaryl/α,β-unsaturated/α-hetero) is 1. The molecule has 0 aromatic heterocycles. The van der Waals surface area contributed by atoms with Crippen LogP contribution in [0.2, 0.25) is 0 Å². The van der Waals surface area contributed by atoms with Crippen molar-refractivity contribution in [2.45, 2.75) is 12.8 Å². The molecule has 0 bridgehead atoms. The van der Waals surface area contributed by atoms with Gasteiger partial charge in [0.2, 0.25) is 0 Å². The zero-order valence-electron chi connectivity index (χ0n) is 14.1. The van der Waals surface area contributed by atoms with E-state index in [1.165, 1.54) is 0 Å². The Morgan fingerprint density at radius 3 is 1.72 bits per heavy atom. The maximum Gasteiger partial charge on any atom is 0.163 e. The van der Waals surface area contributed by atoms with Gasteiger partial charge in [-0.3, -0.25) is 4.79 Å². The maximum absolute atomic E-state index is 12.2. The Kier molecular flexibility index (Phi) is 5.43. The first-order chi connectivity index (χ1) is 12.3. The molecule has 0 spiro atoms. The predicted molar refractivity (Wildman–Crippen MR) is 105 cm³/mol. The molecule has 0 atom stereocenters. The first-order valence-electron chi connectivity index (χ1n) is 8.44. The van der Waals surface area contributed by atoms with Crippen molar-refractivity contribution in [3.05, 3.63) is 103 Å². The number of nitrogens with zero attached hydrogens (tertiary/aromatic N) is 1. The molecule has 3 aromatic rings. The third-order valence-electron chi connectivity index (χ3n) is 4.05. The summed E-state index contributed by atoms with van der Waals surface area (Å²) in [5, 5.41) is 0. The number of hydrogen-bond donors (Lipinski definition) is 0. The molecule has 2 nitrogen and oxygen atoms in total. The maximum atomic E-state index is 12.2. The Balaban J connectivity index is 1.94. The summed E-state index contributed by atoms with van der Waals surface area (Å²) >= 11 is 0. The summed E-state index contributed by atoms with van der Waals surface area (Å²) in [4.78, 5) is 14.3. The van der Waals surface area contributed by atoms with Crippen LogP contribution in [0, 0.1) is 0 Å². The summed E-state index contributed by atoms with van der Waals surface area (Å²) < 4.78 is 0. The topological polar surface area (TPSA) is 20.3 Å². The quantitative estimate of drug-likeness (QED) is 0.374. The zero-order valence-corrected chi connectivity index (χ0v) is 14.1. The summed E-state index contributed by atoms with van der Waals surface area (Å²) in [5.74, 6) is 0.150. The molecular weight excluding hydrogens is 306 g/mol. The van der Waals surface area contributed by atoms with Gasteiger partial charge in [0.05, 0.1) is 0 Å². The van der Waals surface area contributed by atoms with E-state index in [2.05, 4.69) is 35.7 Å². The van der Waals surface area contributed by atoms with E-state index in [1.54, 1.807) is 6.08 Å². The van der Waals surface area contributed by atoms with Crippen LogP contribution in [0.4, 0.5) is 17.1 Å². The van der Waals surface area contributed by atoms with Gasteiger partial charge in [-0.1, -0.05) is 42.5 Å². The number of benzene rings is 3. The van der Waals surface area contributed by atoms with Crippen molar-refractivity contribution in [1.82, 2.24) is 0 Å². The van der Waals surface area contributed by atoms with Gasteiger partial charge in [0.25, 0.3) is 0 Å². The van der Waals surface area contributed by atoms with Gasteiger partial charge < -0.3 is 4.90 Å². The zero-order chi connectivity index (χ0) is 17.5. The van der Waals surface area contributed by atoms with Crippen LogP contribution in [0.3, 0.4) is 0 Å². The lowest BCUT2D eigenvalue weighted by molar-refractivity contribution is 0.0983. The fourth-order valence-electron chi connectivity index (χ4n) is 2.78. The van der Waals surface area contributed by atoms with Crippen LogP contribution in [0.25, 0.3) is 0 Å². The molecule has 0 heterocycles. The second-order valence-electron chi connectivity index (χ2n) is 5.80.